The zero-order chi connectivity index (χ0) is 11.5. The molecular weight excluding hydrogens is 236 g/mol. The lowest BCUT2D eigenvalue weighted by atomic mass is 10.0. The van der Waals surface area contributed by atoms with E-state index in [1.807, 2.05) is 0 Å². The van der Waals surface area contributed by atoms with Crippen LogP contribution in [0.5, 0.6) is 0 Å². The second kappa shape index (κ2) is 6.60. The predicted molar refractivity (Wildman–Crippen MR) is 72.5 cm³/mol. The second-order valence-electron chi connectivity index (χ2n) is 5.43. The first-order chi connectivity index (χ1) is 7.68. The van der Waals surface area contributed by atoms with Crippen LogP contribution in [-0.2, 0) is 4.79 Å². The zero-order valence-electron chi connectivity index (χ0n) is 10.9. The van der Waals surface area contributed by atoms with Crippen LogP contribution in [0.2, 0.25) is 0 Å². The van der Waals surface area contributed by atoms with Gasteiger partial charge in [0.05, 0.1) is 0 Å². The molecule has 0 spiro atoms. The molecule has 1 amide bonds. The van der Waals surface area contributed by atoms with Gasteiger partial charge in [0.1, 0.15) is 0 Å². The molecule has 0 bridgehead atoms. The van der Waals surface area contributed by atoms with Gasteiger partial charge in [0.2, 0.25) is 5.91 Å². The van der Waals surface area contributed by atoms with Crippen molar-refractivity contribution in [3.05, 3.63) is 0 Å². The van der Waals surface area contributed by atoms with Crippen molar-refractivity contribution >= 4 is 18.3 Å². The van der Waals surface area contributed by atoms with Crippen molar-refractivity contribution in [1.29, 1.82) is 0 Å². The van der Waals surface area contributed by atoms with Gasteiger partial charge in [-0.1, -0.05) is 12.8 Å². The van der Waals surface area contributed by atoms with E-state index in [0.717, 1.165) is 19.5 Å². The maximum atomic E-state index is 12.2. The lowest BCUT2D eigenvalue weighted by Crippen LogP contribution is -2.57. The number of hydrogen-bond donors (Lipinski definition) is 1. The van der Waals surface area contributed by atoms with Crippen LogP contribution in [0.3, 0.4) is 0 Å². The number of hydrogen-bond acceptors (Lipinski definition) is 2. The minimum Gasteiger partial charge on any atom is -0.337 e. The van der Waals surface area contributed by atoms with E-state index in [-0.39, 0.29) is 12.4 Å². The van der Waals surface area contributed by atoms with E-state index in [0.29, 0.717) is 23.9 Å². The number of nitrogens with zero attached hydrogens (tertiary/aromatic N) is 1. The average Bonchev–Trinajstić information content (AvgIpc) is 2.74. The van der Waals surface area contributed by atoms with Crippen LogP contribution in [0.4, 0.5) is 0 Å². The summed E-state index contributed by atoms with van der Waals surface area (Å²) in [6, 6.07) is 0.781. The summed E-state index contributed by atoms with van der Waals surface area (Å²) in [5.74, 6) is 1.05. The molecule has 0 radical (unpaired) electrons. The van der Waals surface area contributed by atoms with E-state index in [4.69, 9.17) is 0 Å². The standard InChI is InChI=1S/C13H24N2O.ClH/c1-10-11(2)15(8-7-14-10)13(16)9-12-5-3-4-6-12;/h10-12,14H,3-9H2,1-2H3;1H. The van der Waals surface area contributed by atoms with Gasteiger partial charge in [-0.2, -0.15) is 0 Å². The van der Waals surface area contributed by atoms with E-state index >= 15 is 0 Å². The Bertz CT molecular complexity index is 254. The fraction of sp³-hybridized carbons (Fsp3) is 0.923. The number of halogens is 1. The van der Waals surface area contributed by atoms with Crippen molar-refractivity contribution in [3.63, 3.8) is 0 Å². The first-order valence-electron chi connectivity index (χ1n) is 6.71. The summed E-state index contributed by atoms with van der Waals surface area (Å²) in [6.45, 7) is 6.15. The van der Waals surface area contributed by atoms with Crippen LogP contribution in [0, 0.1) is 5.92 Å². The molecule has 1 heterocycles. The summed E-state index contributed by atoms with van der Waals surface area (Å²) in [7, 11) is 0. The lowest BCUT2D eigenvalue weighted by Gasteiger charge is -2.39. The topological polar surface area (TPSA) is 32.3 Å². The van der Waals surface area contributed by atoms with E-state index in [1.165, 1.54) is 25.7 Å². The van der Waals surface area contributed by atoms with E-state index in [1.54, 1.807) is 0 Å². The Morgan fingerprint density at radius 1 is 1.29 bits per heavy atom. The van der Waals surface area contributed by atoms with Gasteiger partial charge in [-0.15, -0.1) is 12.4 Å². The fourth-order valence-electron chi connectivity index (χ4n) is 2.99. The highest BCUT2D eigenvalue weighted by atomic mass is 35.5. The quantitative estimate of drug-likeness (QED) is 0.826. The SMILES string of the molecule is CC1NCCN(C(=O)CC2CCCC2)C1C.Cl. The third-order valence-electron chi connectivity index (χ3n) is 4.29. The van der Waals surface area contributed by atoms with Crippen LogP contribution < -0.4 is 5.32 Å². The highest BCUT2D eigenvalue weighted by Crippen LogP contribution is 2.28. The van der Waals surface area contributed by atoms with E-state index < -0.39 is 0 Å². The number of carbonyl (C=O) groups excluding carboxylic acids is 1. The Balaban J connectivity index is 0.00000144. The maximum absolute atomic E-state index is 12.2. The van der Waals surface area contributed by atoms with Crippen molar-refractivity contribution < 1.29 is 4.79 Å². The van der Waals surface area contributed by atoms with Crippen molar-refractivity contribution in [1.82, 2.24) is 10.2 Å². The minimum atomic E-state index is 0. The molecule has 1 saturated carbocycles. The largest absolute Gasteiger partial charge is 0.337 e. The third-order valence-corrected chi connectivity index (χ3v) is 4.29. The van der Waals surface area contributed by atoms with E-state index in [9.17, 15) is 4.79 Å². The molecule has 2 fully saturated rings. The highest BCUT2D eigenvalue weighted by Gasteiger charge is 2.29. The van der Waals surface area contributed by atoms with Gasteiger partial charge in [0.25, 0.3) is 0 Å². The predicted octanol–water partition coefficient (Wildman–Crippen LogP) is 2.20. The Hall–Kier alpha value is -0.280. The summed E-state index contributed by atoms with van der Waals surface area (Å²) in [5.41, 5.74) is 0. The lowest BCUT2D eigenvalue weighted by molar-refractivity contribution is -0.135. The summed E-state index contributed by atoms with van der Waals surface area (Å²) < 4.78 is 0. The smallest absolute Gasteiger partial charge is 0.223 e. The van der Waals surface area contributed by atoms with Gasteiger partial charge in [-0.3, -0.25) is 4.79 Å². The normalized spacial score (nSPS) is 30.1. The maximum Gasteiger partial charge on any atom is 0.223 e. The molecule has 100 valence electrons. The molecule has 1 N–H and O–H groups in total. The van der Waals surface area contributed by atoms with Gasteiger partial charge in [0.15, 0.2) is 0 Å². The third kappa shape index (κ3) is 3.59. The van der Waals surface area contributed by atoms with Gasteiger partial charge in [0, 0.05) is 31.6 Å². The molecule has 0 aromatic heterocycles. The summed E-state index contributed by atoms with van der Waals surface area (Å²) in [6.07, 6.45) is 5.97. The monoisotopic (exact) mass is 260 g/mol. The molecule has 1 aliphatic carbocycles. The number of nitrogens with one attached hydrogen (secondary N) is 1. The Morgan fingerprint density at radius 3 is 2.59 bits per heavy atom. The second-order valence-corrected chi connectivity index (χ2v) is 5.43. The number of piperazine rings is 1. The van der Waals surface area contributed by atoms with Gasteiger partial charge in [-0.25, -0.2) is 0 Å². The highest BCUT2D eigenvalue weighted by molar-refractivity contribution is 5.85. The molecule has 1 aliphatic heterocycles. The Kier molecular flexibility index (Phi) is 5.74. The van der Waals surface area contributed by atoms with Crippen molar-refractivity contribution in [2.45, 2.75) is 58.0 Å². The molecule has 2 aliphatic rings. The molecule has 2 rings (SSSR count). The zero-order valence-corrected chi connectivity index (χ0v) is 11.8. The van der Waals surface area contributed by atoms with Crippen LogP contribution in [0.25, 0.3) is 0 Å². The summed E-state index contributed by atoms with van der Waals surface area (Å²) >= 11 is 0. The van der Waals surface area contributed by atoms with Crippen molar-refractivity contribution in [3.8, 4) is 0 Å². The average molecular weight is 261 g/mol. The summed E-state index contributed by atoms with van der Waals surface area (Å²) in [4.78, 5) is 14.3. The first-order valence-corrected chi connectivity index (χ1v) is 6.71. The molecule has 1 saturated heterocycles. The van der Waals surface area contributed by atoms with Crippen LogP contribution >= 0.6 is 12.4 Å². The molecule has 4 heteroatoms. The first kappa shape index (κ1) is 14.8. The molecule has 17 heavy (non-hydrogen) atoms. The molecule has 0 aromatic carbocycles. The van der Waals surface area contributed by atoms with Crippen LogP contribution in [0.1, 0.15) is 46.0 Å². The molecular formula is C13H25ClN2O. The number of carbonyl (C=O) groups is 1. The van der Waals surface area contributed by atoms with Crippen LogP contribution in [0.15, 0.2) is 0 Å². The van der Waals surface area contributed by atoms with Crippen molar-refractivity contribution in [2.24, 2.45) is 5.92 Å². The molecule has 0 aromatic rings. The number of amides is 1. The molecule has 2 unspecified atom stereocenters. The molecule has 2 atom stereocenters. The van der Waals surface area contributed by atoms with Crippen molar-refractivity contribution in [2.75, 3.05) is 13.1 Å². The van der Waals surface area contributed by atoms with Gasteiger partial charge in [-0.05, 0) is 32.6 Å². The molecule has 3 nitrogen and oxygen atoms in total. The van der Waals surface area contributed by atoms with Gasteiger partial charge < -0.3 is 10.2 Å². The Morgan fingerprint density at radius 2 is 1.94 bits per heavy atom. The van der Waals surface area contributed by atoms with Crippen LogP contribution in [-0.4, -0.2) is 36.0 Å². The minimum absolute atomic E-state index is 0. The van der Waals surface area contributed by atoms with E-state index in [2.05, 4.69) is 24.1 Å². The Labute approximate surface area is 111 Å². The van der Waals surface area contributed by atoms with Gasteiger partial charge >= 0.3 is 0 Å². The number of rotatable bonds is 2. The fourth-order valence-corrected chi connectivity index (χ4v) is 2.99. The summed E-state index contributed by atoms with van der Waals surface area (Å²) in [5, 5.41) is 3.42.